The molecule has 2 aromatic rings. The summed E-state index contributed by atoms with van der Waals surface area (Å²) in [6.07, 6.45) is 0.992. The Hall–Kier alpha value is -3.20. The van der Waals surface area contributed by atoms with Gasteiger partial charge in [-0.15, -0.1) is 0 Å². The topological polar surface area (TPSA) is 83.4 Å². The molecule has 0 radical (unpaired) electrons. The molecule has 0 saturated heterocycles. The maximum Gasteiger partial charge on any atom is 0.246 e. The lowest BCUT2D eigenvalue weighted by Crippen LogP contribution is -2.32. The van der Waals surface area contributed by atoms with Crippen LogP contribution in [0.25, 0.3) is 0 Å². The number of nitriles is 1. The molecule has 140 valence electrons. The highest BCUT2D eigenvalue weighted by atomic mass is 16.5. The van der Waals surface area contributed by atoms with E-state index in [-0.39, 0.29) is 12.0 Å². The number of amides is 1. The molecule has 6 nitrogen and oxygen atoms in total. The SMILES string of the molecule is CCOc1cc2c(cc1NC(C)C(=O)Nc1ccc(C#N)cc1)OC(C)C2. The number of nitrogens with zero attached hydrogens (tertiary/aromatic N) is 1. The van der Waals surface area contributed by atoms with Gasteiger partial charge in [-0.3, -0.25) is 4.79 Å². The average Bonchev–Trinajstić information content (AvgIpc) is 3.01. The fraction of sp³-hybridized carbons (Fsp3) is 0.333. The van der Waals surface area contributed by atoms with Gasteiger partial charge >= 0.3 is 0 Å². The summed E-state index contributed by atoms with van der Waals surface area (Å²) in [5, 5.41) is 14.9. The van der Waals surface area contributed by atoms with Gasteiger partial charge in [-0.25, -0.2) is 0 Å². The molecule has 2 atom stereocenters. The van der Waals surface area contributed by atoms with Crippen LogP contribution >= 0.6 is 0 Å². The molecule has 6 heteroatoms. The second kappa shape index (κ2) is 8.00. The standard InChI is InChI=1S/C21H23N3O3/c1-4-26-20-10-16-9-13(2)27-19(16)11-18(20)23-14(3)21(25)24-17-7-5-15(12-22)6-8-17/h5-8,10-11,13-14,23H,4,9H2,1-3H3,(H,24,25). The van der Waals surface area contributed by atoms with Gasteiger partial charge in [0.25, 0.3) is 0 Å². The van der Waals surface area contributed by atoms with E-state index in [4.69, 9.17) is 14.7 Å². The minimum atomic E-state index is -0.489. The lowest BCUT2D eigenvalue weighted by molar-refractivity contribution is -0.116. The molecule has 1 heterocycles. The lowest BCUT2D eigenvalue weighted by Gasteiger charge is -2.19. The van der Waals surface area contributed by atoms with Crippen molar-refractivity contribution < 1.29 is 14.3 Å². The van der Waals surface area contributed by atoms with Crippen molar-refractivity contribution in [2.75, 3.05) is 17.2 Å². The third-order valence-corrected chi connectivity index (χ3v) is 4.34. The van der Waals surface area contributed by atoms with Gasteiger partial charge in [0.2, 0.25) is 5.91 Å². The minimum absolute atomic E-state index is 0.141. The zero-order valence-electron chi connectivity index (χ0n) is 15.7. The van der Waals surface area contributed by atoms with Crippen LogP contribution in [0.15, 0.2) is 36.4 Å². The van der Waals surface area contributed by atoms with Crippen LogP contribution in [-0.2, 0) is 11.2 Å². The largest absolute Gasteiger partial charge is 0.492 e. The molecule has 27 heavy (non-hydrogen) atoms. The van der Waals surface area contributed by atoms with Crippen LogP contribution in [0.1, 0.15) is 31.9 Å². The molecule has 2 aromatic carbocycles. The van der Waals surface area contributed by atoms with E-state index < -0.39 is 6.04 Å². The number of carbonyl (C=O) groups excluding carboxylic acids is 1. The van der Waals surface area contributed by atoms with Gasteiger partial charge in [-0.1, -0.05) is 0 Å². The van der Waals surface area contributed by atoms with E-state index in [2.05, 4.69) is 16.7 Å². The highest BCUT2D eigenvalue weighted by Gasteiger charge is 2.23. The van der Waals surface area contributed by atoms with Crippen LogP contribution in [0.5, 0.6) is 11.5 Å². The van der Waals surface area contributed by atoms with E-state index in [1.165, 1.54) is 0 Å². The highest BCUT2D eigenvalue weighted by molar-refractivity contribution is 5.96. The Morgan fingerprint density at radius 3 is 2.78 bits per heavy atom. The number of fused-ring (bicyclic) bond motifs is 1. The van der Waals surface area contributed by atoms with Crippen LogP contribution in [-0.4, -0.2) is 24.7 Å². The number of benzene rings is 2. The molecule has 2 unspecified atom stereocenters. The predicted octanol–water partition coefficient (Wildman–Crippen LogP) is 3.72. The second-order valence-corrected chi connectivity index (χ2v) is 6.57. The molecule has 0 bridgehead atoms. The van der Waals surface area contributed by atoms with E-state index in [1.54, 1.807) is 31.2 Å². The van der Waals surface area contributed by atoms with Crippen molar-refractivity contribution in [1.29, 1.82) is 5.26 Å². The second-order valence-electron chi connectivity index (χ2n) is 6.57. The fourth-order valence-corrected chi connectivity index (χ4v) is 3.00. The molecule has 0 saturated carbocycles. The van der Waals surface area contributed by atoms with E-state index in [0.29, 0.717) is 23.6 Å². The lowest BCUT2D eigenvalue weighted by atomic mass is 10.1. The molecule has 1 aliphatic heterocycles. The number of carbonyl (C=O) groups is 1. The quantitative estimate of drug-likeness (QED) is 0.815. The molecule has 0 fully saturated rings. The Balaban J connectivity index is 1.72. The third kappa shape index (κ3) is 4.32. The first-order chi connectivity index (χ1) is 13.0. The first-order valence-electron chi connectivity index (χ1n) is 9.04. The van der Waals surface area contributed by atoms with Crippen molar-refractivity contribution in [3.63, 3.8) is 0 Å². The number of anilines is 2. The number of ether oxygens (including phenoxy) is 2. The summed E-state index contributed by atoms with van der Waals surface area (Å²) >= 11 is 0. The number of hydrogen-bond donors (Lipinski definition) is 2. The third-order valence-electron chi connectivity index (χ3n) is 4.34. The Morgan fingerprint density at radius 2 is 2.11 bits per heavy atom. The van der Waals surface area contributed by atoms with Crippen LogP contribution in [0.2, 0.25) is 0 Å². The van der Waals surface area contributed by atoms with Gasteiger partial charge < -0.3 is 20.1 Å². The number of rotatable bonds is 6. The van der Waals surface area contributed by atoms with Gasteiger partial charge in [0.1, 0.15) is 23.6 Å². The molecule has 2 N–H and O–H groups in total. The van der Waals surface area contributed by atoms with Gasteiger partial charge in [0.05, 0.1) is 23.9 Å². The molecule has 3 rings (SSSR count). The van der Waals surface area contributed by atoms with Crippen molar-refractivity contribution >= 4 is 17.3 Å². The number of hydrogen-bond acceptors (Lipinski definition) is 5. The van der Waals surface area contributed by atoms with Crippen molar-refractivity contribution in [3.05, 3.63) is 47.5 Å². The van der Waals surface area contributed by atoms with Crippen LogP contribution < -0.4 is 20.1 Å². The van der Waals surface area contributed by atoms with Crippen molar-refractivity contribution in [2.45, 2.75) is 39.3 Å². The molecular formula is C21H23N3O3. The highest BCUT2D eigenvalue weighted by Crippen LogP contribution is 2.38. The number of nitrogens with one attached hydrogen (secondary N) is 2. The molecule has 1 amide bonds. The monoisotopic (exact) mass is 365 g/mol. The molecule has 1 aliphatic rings. The zero-order chi connectivity index (χ0) is 19.4. The van der Waals surface area contributed by atoms with Crippen molar-refractivity contribution in [3.8, 4) is 17.6 Å². The van der Waals surface area contributed by atoms with Crippen molar-refractivity contribution in [1.82, 2.24) is 0 Å². The first kappa shape index (κ1) is 18.6. The van der Waals surface area contributed by atoms with Gasteiger partial charge in [-0.2, -0.15) is 5.26 Å². The normalized spacial score (nSPS) is 15.9. The average molecular weight is 365 g/mol. The smallest absolute Gasteiger partial charge is 0.246 e. The molecule has 0 aliphatic carbocycles. The summed E-state index contributed by atoms with van der Waals surface area (Å²) in [7, 11) is 0. The Kier molecular flexibility index (Phi) is 5.51. The Morgan fingerprint density at radius 1 is 1.37 bits per heavy atom. The Labute approximate surface area is 159 Å². The molecule has 0 spiro atoms. The van der Waals surface area contributed by atoms with E-state index >= 15 is 0 Å². The van der Waals surface area contributed by atoms with Crippen LogP contribution in [0.4, 0.5) is 11.4 Å². The van der Waals surface area contributed by atoms with Gasteiger partial charge in [0, 0.05) is 23.7 Å². The van der Waals surface area contributed by atoms with Crippen LogP contribution in [0, 0.1) is 11.3 Å². The Bertz CT molecular complexity index is 871. The summed E-state index contributed by atoms with van der Waals surface area (Å²) in [6, 6.07) is 12.2. The summed E-state index contributed by atoms with van der Waals surface area (Å²) < 4.78 is 11.6. The van der Waals surface area contributed by atoms with E-state index in [1.807, 2.05) is 26.0 Å². The summed E-state index contributed by atoms with van der Waals surface area (Å²) in [4.78, 5) is 12.5. The molecule has 0 aromatic heterocycles. The maximum atomic E-state index is 12.5. The molecular weight excluding hydrogens is 342 g/mol. The zero-order valence-corrected chi connectivity index (χ0v) is 15.7. The van der Waals surface area contributed by atoms with E-state index in [9.17, 15) is 4.79 Å². The van der Waals surface area contributed by atoms with Gasteiger partial charge in [0.15, 0.2) is 0 Å². The fourth-order valence-electron chi connectivity index (χ4n) is 3.00. The minimum Gasteiger partial charge on any atom is -0.492 e. The first-order valence-corrected chi connectivity index (χ1v) is 9.04. The van der Waals surface area contributed by atoms with Gasteiger partial charge in [-0.05, 0) is 51.1 Å². The summed E-state index contributed by atoms with van der Waals surface area (Å²) in [5.41, 5.74) is 3.04. The summed E-state index contributed by atoms with van der Waals surface area (Å²) in [6.45, 7) is 6.28. The van der Waals surface area contributed by atoms with E-state index in [0.717, 1.165) is 23.4 Å². The maximum absolute atomic E-state index is 12.5. The van der Waals surface area contributed by atoms with Crippen LogP contribution in [0.3, 0.4) is 0 Å². The van der Waals surface area contributed by atoms with Crippen molar-refractivity contribution in [2.24, 2.45) is 0 Å². The summed E-state index contributed by atoms with van der Waals surface area (Å²) in [5.74, 6) is 1.36. The predicted molar refractivity (Wildman–Crippen MR) is 104 cm³/mol.